The van der Waals surface area contributed by atoms with E-state index in [4.69, 9.17) is 16.0 Å². The van der Waals surface area contributed by atoms with Crippen LogP contribution in [0.1, 0.15) is 5.69 Å². The molecular formula is C19H14ClN5O2S. The number of urea groups is 1. The molecule has 2 heterocycles. The molecule has 0 spiro atoms. The predicted molar refractivity (Wildman–Crippen MR) is 110 cm³/mol. The summed E-state index contributed by atoms with van der Waals surface area (Å²) in [5.74, 6) is 0.667. The molecule has 0 aliphatic heterocycles. The third-order valence-electron chi connectivity index (χ3n) is 4.02. The van der Waals surface area contributed by atoms with E-state index in [9.17, 15) is 4.79 Å². The first-order chi connectivity index (χ1) is 13.6. The summed E-state index contributed by atoms with van der Waals surface area (Å²) in [6, 6.07) is 12.7. The van der Waals surface area contributed by atoms with Crippen molar-refractivity contribution in [2.75, 3.05) is 10.6 Å². The van der Waals surface area contributed by atoms with Crippen LogP contribution in [-0.4, -0.2) is 20.6 Å². The molecule has 0 fully saturated rings. The second kappa shape index (κ2) is 7.79. The first kappa shape index (κ1) is 18.1. The summed E-state index contributed by atoms with van der Waals surface area (Å²) < 4.78 is 9.13. The SMILES string of the molecule is Cc1nnsc1NC(=O)Nc1ccc(-c2cc(-c3cnco3)ccc2Cl)cc1. The Morgan fingerprint density at radius 1 is 1.11 bits per heavy atom. The molecule has 0 atom stereocenters. The highest BCUT2D eigenvalue weighted by Gasteiger charge is 2.10. The quantitative estimate of drug-likeness (QED) is 0.464. The number of nitrogens with one attached hydrogen (secondary N) is 2. The van der Waals surface area contributed by atoms with Gasteiger partial charge in [-0.1, -0.05) is 28.2 Å². The molecule has 2 aromatic carbocycles. The zero-order valence-corrected chi connectivity index (χ0v) is 16.2. The van der Waals surface area contributed by atoms with Crippen LogP contribution in [0.15, 0.2) is 59.5 Å². The summed E-state index contributed by atoms with van der Waals surface area (Å²) in [6.45, 7) is 1.78. The van der Waals surface area contributed by atoms with Gasteiger partial charge in [-0.15, -0.1) is 5.10 Å². The van der Waals surface area contributed by atoms with E-state index in [1.54, 1.807) is 13.1 Å². The van der Waals surface area contributed by atoms with Gasteiger partial charge < -0.3 is 9.73 Å². The van der Waals surface area contributed by atoms with E-state index in [0.717, 1.165) is 28.2 Å². The van der Waals surface area contributed by atoms with Crippen molar-refractivity contribution >= 4 is 39.9 Å². The maximum Gasteiger partial charge on any atom is 0.324 e. The van der Waals surface area contributed by atoms with Crippen molar-refractivity contribution in [3.05, 3.63) is 65.8 Å². The maximum atomic E-state index is 12.1. The Hall–Kier alpha value is -3.23. The monoisotopic (exact) mass is 411 g/mol. The highest BCUT2D eigenvalue weighted by Crippen LogP contribution is 2.33. The molecule has 28 heavy (non-hydrogen) atoms. The Morgan fingerprint density at radius 3 is 2.57 bits per heavy atom. The van der Waals surface area contributed by atoms with Crippen LogP contribution in [0.2, 0.25) is 5.02 Å². The van der Waals surface area contributed by atoms with E-state index < -0.39 is 0 Å². The number of amides is 2. The van der Waals surface area contributed by atoms with Crippen LogP contribution in [0.25, 0.3) is 22.5 Å². The van der Waals surface area contributed by atoms with Gasteiger partial charge in [0.15, 0.2) is 12.2 Å². The van der Waals surface area contributed by atoms with Crippen molar-refractivity contribution in [2.24, 2.45) is 0 Å². The van der Waals surface area contributed by atoms with Crippen molar-refractivity contribution in [2.45, 2.75) is 6.92 Å². The minimum absolute atomic E-state index is 0.354. The molecule has 140 valence electrons. The number of hydrogen-bond donors (Lipinski definition) is 2. The average molecular weight is 412 g/mol. The molecule has 0 bridgehead atoms. The Morgan fingerprint density at radius 2 is 1.89 bits per heavy atom. The predicted octanol–water partition coefficient (Wildman–Crippen LogP) is 5.47. The zero-order chi connectivity index (χ0) is 19.5. The molecule has 2 N–H and O–H groups in total. The number of hydrogen-bond acceptors (Lipinski definition) is 6. The fraction of sp³-hybridized carbons (Fsp3) is 0.0526. The van der Waals surface area contributed by atoms with Crippen LogP contribution in [0.5, 0.6) is 0 Å². The van der Waals surface area contributed by atoms with Gasteiger partial charge in [-0.25, -0.2) is 9.78 Å². The van der Waals surface area contributed by atoms with Crippen molar-refractivity contribution in [3.8, 4) is 22.5 Å². The van der Waals surface area contributed by atoms with Crippen LogP contribution < -0.4 is 10.6 Å². The van der Waals surface area contributed by atoms with Gasteiger partial charge in [-0.3, -0.25) is 5.32 Å². The molecule has 2 aromatic heterocycles. The number of nitrogens with zero attached hydrogens (tertiary/aromatic N) is 3. The number of aryl methyl sites for hydroxylation is 1. The van der Waals surface area contributed by atoms with Gasteiger partial charge in [0, 0.05) is 33.4 Å². The number of rotatable bonds is 4. The van der Waals surface area contributed by atoms with Gasteiger partial charge in [0.1, 0.15) is 5.00 Å². The van der Waals surface area contributed by atoms with E-state index >= 15 is 0 Å². The standard InChI is InChI=1S/C19H14ClN5O2S/c1-11-18(28-25-24-11)23-19(26)22-14-5-2-12(3-6-14)15-8-13(4-7-16(15)20)17-9-21-10-27-17/h2-10H,1H3,(H2,22,23,26). The number of carbonyl (C=O) groups excluding carboxylic acids is 1. The number of halogens is 1. The lowest BCUT2D eigenvalue weighted by atomic mass is 10.0. The summed E-state index contributed by atoms with van der Waals surface area (Å²) in [6.07, 6.45) is 3.04. The van der Waals surface area contributed by atoms with E-state index in [1.807, 2.05) is 42.5 Å². The third-order valence-corrected chi connectivity index (χ3v) is 5.09. The second-order valence-corrected chi connectivity index (χ2v) is 7.07. The molecule has 0 saturated heterocycles. The van der Waals surface area contributed by atoms with E-state index in [2.05, 4.69) is 25.2 Å². The van der Waals surface area contributed by atoms with Crippen LogP contribution in [0.3, 0.4) is 0 Å². The Bertz CT molecular complexity index is 1110. The molecule has 4 aromatic rings. The molecule has 9 heteroatoms. The number of carbonyl (C=O) groups is 1. The molecule has 0 saturated carbocycles. The smallest absolute Gasteiger partial charge is 0.324 e. The third kappa shape index (κ3) is 3.88. The van der Waals surface area contributed by atoms with Crippen LogP contribution in [0, 0.1) is 6.92 Å². The largest absolute Gasteiger partial charge is 0.444 e. The number of benzene rings is 2. The molecule has 7 nitrogen and oxygen atoms in total. The minimum Gasteiger partial charge on any atom is -0.444 e. The van der Waals surface area contributed by atoms with E-state index in [0.29, 0.717) is 27.2 Å². The van der Waals surface area contributed by atoms with Gasteiger partial charge in [-0.2, -0.15) is 0 Å². The lowest BCUT2D eigenvalue weighted by Gasteiger charge is -2.09. The first-order valence-electron chi connectivity index (χ1n) is 8.26. The van der Waals surface area contributed by atoms with E-state index in [-0.39, 0.29) is 6.03 Å². The number of oxazole rings is 1. The number of anilines is 2. The lowest BCUT2D eigenvalue weighted by molar-refractivity contribution is 0.262. The van der Waals surface area contributed by atoms with Gasteiger partial charge in [0.05, 0.1) is 11.9 Å². The Kier molecular flexibility index (Phi) is 5.05. The van der Waals surface area contributed by atoms with Gasteiger partial charge >= 0.3 is 6.03 Å². The van der Waals surface area contributed by atoms with Crippen molar-refractivity contribution in [3.63, 3.8) is 0 Å². The highest BCUT2D eigenvalue weighted by atomic mass is 35.5. The summed E-state index contributed by atoms with van der Waals surface area (Å²) in [5, 5.41) is 10.6. The first-order valence-corrected chi connectivity index (χ1v) is 9.41. The molecule has 0 unspecified atom stereocenters. The zero-order valence-electron chi connectivity index (χ0n) is 14.6. The maximum absolute atomic E-state index is 12.1. The summed E-state index contributed by atoms with van der Waals surface area (Å²) >= 11 is 7.50. The summed E-state index contributed by atoms with van der Waals surface area (Å²) in [7, 11) is 0. The molecule has 0 aliphatic rings. The molecule has 4 rings (SSSR count). The van der Waals surface area contributed by atoms with Crippen molar-refractivity contribution < 1.29 is 9.21 Å². The fourth-order valence-electron chi connectivity index (χ4n) is 2.60. The number of aromatic nitrogens is 3. The average Bonchev–Trinajstić information content (AvgIpc) is 3.36. The van der Waals surface area contributed by atoms with Gasteiger partial charge in [0.2, 0.25) is 0 Å². The lowest BCUT2D eigenvalue weighted by Crippen LogP contribution is -2.19. The fourth-order valence-corrected chi connectivity index (χ4v) is 3.39. The Balaban J connectivity index is 1.51. The molecule has 0 radical (unpaired) electrons. The minimum atomic E-state index is -0.354. The molecular weight excluding hydrogens is 398 g/mol. The highest BCUT2D eigenvalue weighted by molar-refractivity contribution is 7.10. The van der Waals surface area contributed by atoms with Crippen molar-refractivity contribution in [1.29, 1.82) is 0 Å². The molecule has 0 aliphatic carbocycles. The summed E-state index contributed by atoms with van der Waals surface area (Å²) in [5.41, 5.74) is 3.99. The van der Waals surface area contributed by atoms with Crippen LogP contribution >= 0.6 is 23.1 Å². The van der Waals surface area contributed by atoms with Crippen molar-refractivity contribution in [1.82, 2.24) is 14.6 Å². The van der Waals surface area contributed by atoms with E-state index in [1.165, 1.54) is 6.39 Å². The van der Waals surface area contributed by atoms with Gasteiger partial charge in [-0.05, 0) is 42.8 Å². The topological polar surface area (TPSA) is 92.9 Å². The van der Waals surface area contributed by atoms with Crippen LogP contribution in [0.4, 0.5) is 15.5 Å². The molecule has 2 amide bonds. The normalized spacial score (nSPS) is 10.6. The second-order valence-electron chi connectivity index (χ2n) is 5.90. The summed E-state index contributed by atoms with van der Waals surface area (Å²) in [4.78, 5) is 16.1. The van der Waals surface area contributed by atoms with Crippen LogP contribution in [-0.2, 0) is 0 Å². The van der Waals surface area contributed by atoms with Gasteiger partial charge in [0.25, 0.3) is 0 Å². The Labute approximate surface area is 169 Å².